The van der Waals surface area contributed by atoms with E-state index in [-0.39, 0.29) is 37.8 Å². The summed E-state index contributed by atoms with van der Waals surface area (Å²) >= 11 is 12.0. The molecule has 0 atom stereocenters. The van der Waals surface area contributed by atoms with Crippen molar-refractivity contribution in [2.24, 2.45) is 0 Å². The zero-order chi connectivity index (χ0) is 25.8. The lowest BCUT2D eigenvalue weighted by Gasteiger charge is -2.23. The van der Waals surface area contributed by atoms with Gasteiger partial charge in [0.1, 0.15) is 12.3 Å². The Morgan fingerprint density at radius 3 is 2.23 bits per heavy atom. The van der Waals surface area contributed by atoms with Gasteiger partial charge in [-0.05, 0) is 48.5 Å². The molecule has 186 valence electrons. The third-order valence-corrected chi connectivity index (χ3v) is 8.01. The van der Waals surface area contributed by atoms with Crippen LogP contribution in [0.1, 0.15) is 0 Å². The SMILES string of the molecule is COc1ccccc1N(CC(=O)Nc1ccc(S(=O)(=O)Nc2cccc(Cl)c2Cl)cc1)S(C)(=O)=O. The first-order valence-corrected chi connectivity index (χ1v) is 14.0. The van der Waals surface area contributed by atoms with Gasteiger partial charge in [0.2, 0.25) is 15.9 Å². The van der Waals surface area contributed by atoms with E-state index in [9.17, 15) is 21.6 Å². The van der Waals surface area contributed by atoms with Gasteiger partial charge < -0.3 is 10.1 Å². The van der Waals surface area contributed by atoms with Crippen molar-refractivity contribution in [3.63, 3.8) is 0 Å². The molecule has 0 unspecified atom stereocenters. The van der Waals surface area contributed by atoms with Crippen LogP contribution in [0.15, 0.2) is 71.6 Å². The number of hydrogen-bond acceptors (Lipinski definition) is 6. The molecule has 0 aliphatic carbocycles. The van der Waals surface area contributed by atoms with Gasteiger partial charge in [0.05, 0.1) is 39.7 Å². The number of nitrogens with zero attached hydrogens (tertiary/aromatic N) is 1. The highest BCUT2D eigenvalue weighted by atomic mass is 35.5. The van der Waals surface area contributed by atoms with Crippen LogP contribution in [0.3, 0.4) is 0 Å². The number of ether oxygens (including phenoxy) is 1. The fraction of sp³-hybridized carbons (Fsp3) is 0.136. The lowest BCUT2D eigenvalue weighted by molar-refractivity contribution is -0.114. The number of para-hydroxylation sites is 2. The fourth-order valence-corrected chi connectivity index (χ4v) is 5.39. The molecule has 3 rings (SSSR count). The van der Waals surface area contributed by atoms with E-state index in [1.807, 2.05) is 0 Å². The van der Waals surface area contributed by atoms with E-state index >= 15 is 0 Å². The highest BCUT2D eigenvalue weighted by Gasteiger charge is 2.24. The summed E-state index contributed by atoms with van der Waals surface area (Å²) in [4.78, 5) is 12.5. The van der Waals surface area contributed by atoms with Crippen molar-refractivity contribution in [2.45, 2.75) is 4.90 Å². The molecule has 2 N–H and O–H groups in total. The first-order chi connectivity index (χ1) is 16.4. The van der Waals surface area contributed by atoms with Gasteiger partial charge in [-0.2, -0.15) is 0 Å². The van der Waals surface area contributed by atoms with Crippen LogP contribution in [0.5, 0.6) is 5.75 Å². The first kappa shape index (κ1) is 26.6. The summed E-state index contributed by atoms with van der Waals surface area (Å²) in [5, 5.41) is 2.81. The van der Waals surface area contributed by atoms with Crippen LogP contribution in [-0.2, 0) is 24.8 Å². The summed E-state index contributed by atoms with van der Waals surface area (Å²) in [6.07, 6.45) is 0.978. The van der Waals surface area contributed by atoms with Crippen molar-refractivity contribution in [1.82, 2.24) is 0 Å². The van der Waals surface area contributed by atoms with E-state index < -0.39 is 32.5 Å². The molecule has 0 saturated heterocycles. The predicted octanol–water partition coefficient (Wildman–Crippen LogP) is 4.21. The van der Waals surface area contributed by atoms with Gasteiger partial charge in [-0.25, -0.2) is 16.8 Å². The Hall–Kier alpha value is -2.99. The van der Waals surface area contributed by atoms with E-state index in [2.05, 4.69) is 10.0 Å². The zero-order valence-corrected chi connectivity index (χ0v) is 21.7. The van der Waals surface area contributed by atoms with Crippen LogP contribution in [-0.4, -0.2) is 42.7 Å². The molecule has 35 heavy (non-hydrogen) atoms. The minimum absolute atomic E-state index is 0.0621. The number of amides is 1. The van der Waals surface area contributed by atoms with Crippen LogP contribution >= 0.6 is 23.2 Å². The summed E-state index contributed by atoms with van der Waals surface area (Å²) in [5.74, 6) is -0.353. The third kappa shape index (κ3) is 6.57. The highest BCUT2D eigenvalue weighted by molar-refractivity contribution is 7.92. The number of anilines is 3. The monoisotopic (exact) mass is 557 g/mol. The fourth-order valence-electron chi connectivity index (χ4n) is 3.05. The van der Waals surface area contributed by atoms with E-state index in [4.69, 9.17) is 27.9 Å². The lowest BCUT2D eigenvalue weighted by atomic mass is 10.3. The van der Waals surface area contributed by atoms with Crippen LogP contribution in [0.2, 0.25) is 10.0 Å². The molecular weight excluding hydrogens is 537 g/mol. The van der Waals surface area contributed by atoms with Crippen molar-refractivity contribution >= 4 is 66.2 Å². The minimum atomic E-state index is -3.99. The predicted molar refractivity (Wildman–Crippen MR) is 138 cm³/mol. The van der Waals surface area contributed by atoms with Crippen molar-refractivity contribution in [3.05, 3.63) is 76.8 Å². The topological polar surface area (TPSA) is 122 Å². The molecule has 0 saturated carbocycles. The Labute approximate surface area is 213 Å². The molecule has 13 heteroatoms. The molecule has 0 aliphatic rings. The summed E-state index contributed by atoms with van der Waals surface area (Å²) in [6.45, 7) is -0.520. The van der Waals surface area contributed by atoms with Gasteiger partial charge in [-0.1, -0.05) is 41.4 Å². The number of halogens is 2. The van der Waals surface area contributed by atoms with Gasteiger partial charge in [0.15, 0.2) is 0 Å². The molecular formula is C22H21Cl2N3O6S2. The lowest BCUT2D eigenvalue weighted by Crippen LogP contribution is -2.37. The number of carbonyl (C=O) groups is 1. The Morgan fingerprint density at radius 2 is 1.60 bits per heavy atom. The van der Waals surface area contributed by atoms with E-state index in [1.54, 1.807) is 24.3 Å². The number of rotatable bonds is 9. The molecule has 0 heterocycles. The largest absolute Gasteiger partial charge is 0.495 e. The summed E-state index contributed by atoms with van der Waals surface area (Å²) in [7, 11) is -6.41. The molecule has 0 aromatic heterocycles. The molecule has 0 spiro atoms. The Bertz CT molecular complexity index is 1450. The Kier molecular flexibility index (Phi) is 8.16. The van der Waals surface area contributed by atoms with Gasteiger partial charge in [-0.15, -0.1) is 0 Å². The van der Waals surface area contributed by atoms with Gasteiger partial charge >= 0.3 is 0 Å². The second kappa shape index (κ2) is 10.7. The van der Waals surface area contributed by atoms with Crippen LogP contribution in [0, 0.1) is 0 Å². The molecule has 3 aromatic rings. The quantitative estimate of drug-likeness (QED) is 0.406. The average Bonchev–Trinajstić information content (AvgIpc) is 2.80. The van der Waals surface area contributed by atoms with Crippen LogP contribution < -0.4 is 19.1 Å². The Balaban J connectivity index is 1.75. The number of methoxy groups -OCH3 is 1. The number of benzene rings is 3. The van der Waals surface area contributed by atoms with Crippen LogP contribution in [0.25, 0.3) is 0 Å². The molecule has 0 bridgehead atoms. The van der Waals surface area contributed by atoms with Crippen LogP contribution in [0.4, 0.5) is 17.1 Å². The van der Waals surface area contributed by atoms with E-state index in [1.165, 1.54) is 49.6 Å². The standard InChI is InChI=1S/C22H21Cl2N3O6S2/c1-33-20-9-4-3-8-19(20)27(34(2,29)30)14-21(28)25-15-10-12-16(13-11-15)35(31,32)26-18-7-5-6-17(23)22(18)24/h3-13,26H,14H2,1-2H3,(H,25,28). The van der Waals surface area contributed by atoms with Gasteiger partial charge in [-0.3, -0.25) is 13.8 Å². The molecule has 0 radical (unpaired) electrons. The summed E-state index contributed by atoms with van der Waals surface area (Å²) < 4.78 is 58.5. The van der Waals surface area contributed by atoms with Crippen molar-refractivity contribution in [3.8, 4) is 5.75 Å². The molecule has 3 aromatic carbocycles. The molecule has 0 fully saturated rings. The maximum Gasteiger partial charge on any atom is 0.261 e. The Morgan fingerprint density at radius 1 is 0.943 bits per heavy atom. The summed E-state index contributed by atoms with van der Waals surface area (Å²) in [5.41, 5.74) is 0.594. The first-order valence-electron chi connectivity index (χ1n) is 9.90. The molecule has 0 aliphatic heterocycles. The van der Waals surface area contributed by atoms with Gasteiger partial charge in [0.25, 0.3) is 10.0 Å². The number of carbonyl (C=O) groups excluding carboxylic acids is 1. The second-order valence-electron chi connectivity index (χ2n) is 7.22. The maximum atomic E-state index is 12.7. The average molecular weight is 558 g/mol. The normalized spacial score (nSPS) is 11.5. The maximum absolute atomic E-state index is 12.7. The molecule has 1 amide bonds. The minimum Gasteiger partial charge on any atom is -0.495 e. The summed E-state index contributed by atoms with van der Waals surface area (Å²) in [6, 6.07) is 16.3. The number of sulfonamides is 2. The highest BCUT2D eigenvalue weighted by Crippen LogP contribution is 2.32. The zero-order valence-electron chi connectivity index (χ0n) is 18.5. The van der Waals surface area contributed by atoms with E-state index in [0.717, 1.165) is 10.6 Å². The van der Waals surface area contributed by atoms with E-state index in [0.29, 0.717) is 0 Å². The second-order valence-corrected chi connectivity index (χ2v) is 11.6. The van der Waals surface area contributed by atoms with Gasteiger partial charge in [0, 0.05) is 5.69 Å². The molecule has 9 nitrogen and oxygen atoms in total. The third-order valence-electron chi connectivity index (χ3n) is 4.69. The van der Waals surface area contributed by atoms with Crippen molar-refractivity contribution in [2.75, 3.05) is 34.3 Å². The van der Waals surface area contributed by atoms with Crippen molar-refractivity contribution < 1.29 is 26.4 Å². The van der Waals surface area contributed by atoms with Crippen molar-refractivity contribution in [1.29, 1.82) is 0 Å². The smallest absolute Gasteiger partial charge is 0.261 e. The number of nitrogens with one attached hydrogen (secondary N) is 2. The number of hydrogen-bond donors (Lipinski definition) is 2.